The summed E-state index contributed by atoms with van der Waals surface area (Å²) in [6.07, 6.45) is 1.56. The molecule has 1 aromatic rings. The molecule has 1 saturated heterocycles. The van der Waals surface area contributed by atoms with Crippen molar-refractivity contribution in [2.24, 2.45) is 5.92 Å². The summed E-state index contributed by atoms with van der Waals surface area (Å²) < 4.78 is 5.13. The third kappa shape index (κ3) is 2.90. The van der Waals surface area contributed by atoms with E-state index in [9.17, 15) is 14.9 Å². The lowest BCUT2D eigenvalue weighted by molar-refractivity contribution is -0.385. The molecule has 1 unspecified atom stereocenters. The average molecular weight is 264 g/mol. The Labute approximate surface area is 111 Å². The Morgan fingerprint density at radius 2 is 2.37 bits per heavy atom. The molecule has 0 spiro atoms. The fourth-order valence-electron chi connectivity index (χ4n) is 2.44. The van der Waals surface area contributed by atoms with Gasteiger partial charge in [0.15, 0.2) is 6.29 Å². The maximum Gasteiger partial charge on any atom is 0.280 e. The van der Waals surface area contributed by atoms with Crippen molar-refractivity contribution in [3.63, 3.8) is 0 Å². The SMILES string of the molecule is COCC1CCN(c2ccc([N+](=O)[O-])c(C=O)c2)C1. The number of benzene rings is 1. The monoisotopic (exact) mass is 264 g/mol. The van der Waals surface area contributed by atoms with E-state index in [1.165, 1.54) is 6.07 Å². The molecule has 1 aromatic carbocycles. The number of hydrogen-bond donors (Lipinski definition) is 0. The largest absolute Gasteiger partial charge is 0.384 e. The topological polar surface area (TPSA) is 72.7 Å². The molecule has 1 atom stereocenters. The normalized spacial score (nSPS) is 18.6. The summed E-state index contributed by atoms with van der Waals surface area (Å²) in [6.45, 7) is 2.44. The van der Waals surface area contributed by atoms with Crippen LogP contribution in [0.25, 0.3) is 0 Å². The van der Waals surface area contributed by atoms with Gasteiger partial charge in [-0.25, -0.2) is 0 Å². The predicted octanol–water partition coefficient (Wildman–Crippen LogP) is 1.88. The zero-order valence-corrected chi connectivity index (χ0v) is 10.7. The maximum absolute atomic E-state index is 10.9. The summed E-state index contributed by atoms with van der Waals surface area (Å²) >= 11 is 0. The third-order valence-corrected chi connectivity index (χ3v) is 3.39. The summed E-state index contributed by atoms with van der Waals surface area (Å²) in [5, 5.41) is 10.8. The first-order chi connectivity index (χ1) is 9.15. The molecule has 0 radical (unpaired) electrons. The van der Waals surface area contributed by atoms with E-state index in [0.29, 0.717) is 18.8 Å². The molecular weight excluding hydrogens is 248 g/mol. The molecule has 1 aliphatic heterocycles. The van der Waals surface area contributed by atoms with Gasteiger partial charge in [-0.05, 0) is 18.6 Å². The first-order valence-electron chi connectivity index (χ1n) is 6.13. The Morgan fingerprint density at radius 1 is 1.58 bits per heavy atom. The molecule has 0 amide bonds. The van der Waals surface area contributed by atoms with Gasteiger partial charge in [0.05, 0.1) is 17.1 Å². The highest BCUT2D eigenvalue weighted by Gasteiger charge is 2.24. The zero-order valence-electron chi connectivity index (χ0n) is 10.7. The van der Waals surface area contributed by atoms with E-state index in [0.717, 1.165) is 25.2 Å². The number of methoxy groups -OCH3 is 1. The number of nitro benzene ring substituents is 1. The molecule has 0 aromatic heterocycles. The zero-order chi connectivity index (χ0) is 13.8. The first-order valence-corrected chi connectivity index (χ1v) is 6.13. The molecule has 1 heterocycles. The van der Waals surface area contributed by atoms with Crippen LogP contribution in [0.15, 0.2) is 18.2 Å². The fraction of sp³-hybridized carbons (Fsp3) is 0.462. The minimum Gasteiger partial charge on any atom is -0.384 e. The third-order valence-electron chi connectivity index (χ3n) is 3.39. The highest BCUT2D eigenvalue weighted by atomic mass is 16.6. The van der Waals surface area contributed by atoms with E-state index in [1.807, 2.05) is 0 Å². The summed E-state index contributed by atoms with van der Waals surface area (Å²) in [5.74, 6) is 0.472. The summed E-state index contributed by atoms with van der Waals surface area (Å²) in [7, 11) is 1.68. The van der Waals surface area contributed by atoms with Crippen molar-refractivity contribution in [3.05, 3.63) is 33.9 Å². The van der Waals surface area contributed by atoms with Gasteiger partial charge in [0.2, 0.25) is 0 Å². The standard InChI is InChI=1S/C13H16N2O4/c1-19-9-10-4-5-14(7-10)12-2-3-13(15(17)18)11(6-12)8-16/h2-3,6,8,10H,4-5,7,9H2,1H3. The van der Waals surface area contributed by atoms with Gasteiger partial charge in [-0.2, -0.15) is 0 Å². The molecular formula is C13H16N2O4. The van der Waals surface area contributed by atoms with Gasteiger partial charge >= 0.3 is 0 Å². The molecule has 0 bridgehead atoms. The Bertz CT molecular complexity index is 490. The van der Waals surface area contributed by atoms with Crippen LogP contribution in [0, 0.1) is 16.0 Å². The number of ether oxygens (including phenoxy) is 1. The summed E-state index contributed by atoms with van der Waals surface area (Å²) in [6, 6.07) is 4.67. The Morgan fingerprint density at radius 3 is 3.00 bits per heavy atom. The second-order valence-electron chi connectivity index (χ2n) is 4.67. The fourth-order valence-corrected chi connectivity index (χ4v) is 2.44. The lowest BCUT2D eigenvalue weighted by atomic mass is 10.1. The minimum atomic E-state index is -0.536. The second-order valence-corrected chi connectivity index (χ2v) is 4.67. The van der Waals surface area contributed by atoms with Gasteiger partial charge in [-0.1, -0.05) is 0 Å². The number of carbonyl (C=O) groups is 1. The van der Waals surface area contributed by atoms with Gasteiger partial charge in [-0.15, -0.1) is 0 Å². The van der Waals surface area contributed by atoms with E-state index < -0.39 is 4.92 Å². The Kier molecular flexibility index (Phi) is 4.11. The smallest absolute Gasteiger partial charge is 0.280 e. The van der Waals surface area contributed by atoms with Crippen molar-refractivity contribution in [2.75, 3.05) is 31.7 Å². The highest BCUT2D eigenvalue weighted by molar-refractivity contribution is 5.83. The molecule has 0 saturated carbocycles. The lowest BCUT2D eigenvalue weighted by Crippen LogP contribution is -2.21. The molecule has 6 nitrogen and oxygen atoms in total. The lowest BCUT2D eigenvalue weighted by Gasteiger charge is -2.18. The van der Waals surface area contributed by atoms with Crippen LogP contribution in [-0.4, -0.2) is 38.0 Å². The van der Waals surface area contributed by atoms with E-state index in [1.54, 1.807) is 19.2 Å². The average Bonchev–Trinajstić information content (AvgIpc) is 2.87. The Hall–Kier alpha value is -1.95. The molecule has 1 fully saturated rings. The molecule has 6 heteroatoms. The number of nitro groups is 1. The van der Waals surface area contributed by atoms with Crippen LogP contribution in [0.1, 0.15) is 16.8 Å². The van der Waals surface area contributed by atoms with Crippen LogP contribution >= 0.6 is 0 Å². The van der Waals surface area contributed by atoms with Gasteiger partial charge in [0.25, 0.3) is 5.69 Å². The Balaban J connectivity index is 2.18. The number of aldehydes is 1. The van der Waals surface area contributed by atoms with Crippen LogP contribution in [0.4, 0.5) is 11.4 Å². The van der Waals surface area contributed by atoms with Crippen LogP contribution in [0.3, 0.4) is 0 Å². The van der Waals surface area contributed by atoms with Crippen molar-refractivity contribution in [1.29, 1.82) is 0 Å². The van der Waals surface area contributed by atoms with Crippen molar-refractivity contribution < 1.29 is 14.5 Å². The minimum absolute atomic E-state index is 0.123. The summed E-state index contributed by atoms with van der Waals surface area (Å²) in [5.41, 5.74) is 0.829. The number of nitrogens with zero attached hydrogens (tertiary/aromatic N) is 2. The molecule has 2 rings (SSSR count). The van der Waals surface area contributed by atoms with Crippen molar-refractivity contribution in [1.82, 2.24) is 0 Å². The second kappa shape index (κ2) is 5.79. The molecule has 0 N–H and O–H groups in total. The number of rotatable bonds is 5. The molecule has 19 heavy (non-hydrogen) atoms. The van der Waals surface area contributed by atoms with E-state index in [-0.39, 0.29) is 11.3 Å². The van der Waals surface area contributed by atoms with E-state index in [4.69, 9.17) is 4.74 Å². The van der Waals surface area contributed by atoms with Crippen LogP contribution in [0.5, 0.6) is 0 Å². The van der Waals surface area contributed by atoms with Gasteiger partial charge < -0.3 is 9.64 Å². The molecule has 1 aliphatic rings. The number of anilines is 1. The number of hydrogen-bond acceptors (Lipinski definition) is 5. The highest BCUT2D eigenvalue weighted by Crippen LogP contribution is 2.28. The van der Waals surface area contributed by atoms with Crippen LogP contribution < -0.4 is 4.90 Å². The van der Waals surface area contributed by atoms with E-state index >= 15 is 0 Å². The van der Waals surface area contributed by atoms with Crippen molar-refractivity contribution >= 4 is 17.7 Å². The molecule has 102 valence electrons. The van der Waals surface area contributed by atoms with Gasteiger partial charge in [0.1, 0.15) is 0 Å². The maximum atomic E-state index is 10.9. The van der Waals surface area contributed by atoms with Crippen molar-refractivity contribution in [3.8, 4) is 0 Å². The summed E-state index contributed by atoms with van der Waals surface area (Å²) in [4.78, 5) is 23.3. The van der Waals surface area contributed by atoms with Crippen molar-refractivity contribution in [2.45, 2.75) is 6.42 Å². The predicted molar refractivity (Wildman–Crippen MR) is 70.7 cm³/mol. The quantitative estimate of drug-likeness (QED) is 0.461. The van der Waals surface area contributed by atoms with E-state index in [2.05, 4.69) is 4.90 Å². The van der Waals surface area contributed by atoms with Crippen LogP contribution in [0.2, 0.25) is 0 Å². The first kappa shape index (κ1) is 13.5. The van der Waals surface area contributed by atoms with Gasteiger partial charge in [0, 0.05) is 37.9 Å². The number of carbonyl (C=O) groups excluding carboxylic acids is 1. The van der Waals surface area contributed by atoms with Gasteiger partial charge in [-0.3, -0.25) is 14.9 Å². The molecule has 0 aliphatic carbocycles. The van der Waals surface area contributed by atoms with Crippen LogP contribution in [-0.2, 0) is 4.74 Å².